The van der Waals surface area contributed by atoms with Gasteiger partial charge in [-0.1, -0.05) is 23.9 Å². The third-order valence-electron chi connectivity index (χ3n) is 3.71. The number of nitrogens with zero attached hydrogens (tertiary/aromatic N) is 1. The second-order valence-electron chi connectivity index (χ2n) is 5.87. The van der Waals surface area contributed by atoms with Crippen molar-refractivity contribution in [3.63, 3.8) is 0 Å². The number of nitrogens with one attached hydrogen (secondary N) is 2. The van der Waals surface area contributed by atoms with Crippen LogP contribution >= 0.6 is 23.1 Å². The van der Waals surface area contributed by atoms with Crippen LogP contribution in [0.2, 0.25) is 0 Å². The average molecular weight is 432 g/mol. The molecular formula is C20H18FN3O3S2. The third kappa shape index (κ3) is 6.30. The first-order chi connectivity index (χ1) is 14.0. The monoisotopic (exact) mass is 431 g/mol. The molecule has 0 aliphatic heterocycles. The number of thioether (sulfide) groups is 1. The first-order valence-electron chi connectivity index (χ1n) is 8.59. The topological polar surface area (TPSA) is 80.3 Å². The number of aromatic nitrogens is 1. The lowest BCUT2D eigenvalue weighted by Crippen LogP contribution is -2.15. The van der Waals surface area contributed by atoms with Gasteiger partial charge in [0.1, 0.15) is 11.6 Å². The van der Waals surface area contributed by atoms with E-state index < -0.39 is 0 Å². The molecule has 0 atom stereocenters. The van der Waals surface area contributed by atoms with Crippen LogP contribution in [0.25, 0.3) is 0 Å². The maximum Gasteiger partial charge on any atom is 0.234 e. The summed E-state index contributed by atoms with van der Waals surface area (Å²) < 4.78 is 18.8. The summed E-state index contributed by atoms with van der Waals surface area (Å²) in [6.07, 6.45) is 0.122. The van der Waals surface area contributed by atoms with E-state index in [1.54, 1.807) is 24.6 Å². The minimum atomic E-state index is -0.359. The molecule has 3 rings (SSSR count). The Morgan fingerprint density at radius 2 is 1.86 bits per heavy atom. The minimum Gasteiger partial charge on any atom is -0.495 e. The van der Waals surface area contributed by atoms with Gasteiger partial charge in [-0.3, -0.25) is 9.59 Å². The molecule has 0 saturated heterocycles. The van der Waals surface area contributed by atoms with Crippen LogP contribution in [0.3, 0.4) is 0 Å². The number of methoxy groups -OCH3 is 1. The molecule has 1 heterocycles. The molecule has 2 N–H and O–H groups in total. The number of rotatable bonds is 8. The Labute approximate surface area is 175 Å². The van der Waals surface area contributed by atoms with Crippen molar-refractivity contribution in [3.8, 4) is 5.75 Å². The number of hydrogen-bond acceptors (Lipinski definition) is 6. The molecule has 0 spiro atoms. The van der Waals surface area contributed by atoms with Gasteiger partial charge in [0.2, 0.25) is 11.8 Å². The Balaban J connectivity index is 1.48. The van der Waals surface area contributed by atoms with Gasteiger partial charge >= 0.3 is 0 Å². The van der Waals surface area contributed by atoms with Crippen LogP contribution in [0.5, 0.6) is 5.75 Å². The number of halogens is 1. The van der Waals surface area contributed by atoms with Crippen LogP contribution in [-0.4, -0.2) is 29.7 Å². The number of para-hydroxylation sites is 2. The Kier molecular flexibility index (Phi) is 7.20. The Morgan fingerprint density at radius 1 is 1.10 bits per heavy atom. The van der Waals surface area contributed by atoms with Gasteiger partial charge in [0.15, 0.2) is 4.34 Å². The first-order valence-corrected chi connectivity index (χ1v) is 10.5. The molecule has 0 radical (unpaired) electrons. The smallest absolute Gasteiger partial charge is 0.234 e. The van der Waals surface area contributed by atoms with Crippen molar-refractivity contribution >= 4 is 46.3 Å². The fourth-order valence-corrected chi connectivity index (χ4v) is 4.04. The van der Waals surface area contributed by atoms with Crippen molar-refractivity contribution in [1.29, 1.82) is 0 Å². The summed E-state index contributed by atoms with van der Waals surface area (Å²) in [5.74, 6) is -0.0276. The van der Waals surface area contributed by atoms with E-state index in [2.05, 4.69) is 15.6 Å². The van der Waals surface area contributed by atoms with E-state index in [4.69, 9.17) is 4.74 Å². The van der Waals surface area contributed by atoms with Crippen LogP contribution < -0.4 is 15.4 Å². The zero-order valence-corrected chi connectivity index (χ0v) is 17.1. The quantitative estimate of drug-likeness (QED) is 0.523. The standard InChI is InChI=1S/C20H18FN3O3S2/c1-27-17-5-3-2-4-16(17)24-18(25)10-15-11-28-20(23-15)29-12-19(26)22-14-8-6-13(21)7-9-14/h2-9,11H,10,12H2,1H3,(H,22,26)(H,24,25). The summed E-state index contributed by atoms with van der Waals surface area (Å²) in [5.41, 5.74) is 1.76. The summed E-state index contributed by atoms with van der Waals surface area (Å²) in [7, 11) is 1.54. The van der Waals surface area contributed by atoms with Gasteiger partial charge in [0.25, 0.3) is 0 Å². The molecule has 2 amide bonds. The lowest BCUT2D eigenvalue weighted by Gasteiger charge is -2.08. The van der Waals surface area contributed by atoms with Crippen molar-refractivity contribution < 1.29 is 18.7 Å². The molecule has 9 heteroatoms. The molecule has 3 aromatic rings. The molecule has 1 aromatic heterocycles. The summed E-state index contributed by atoms with van der Waals surface area (Å²) in [6, 6.07) is 12.7. The predicted molar refractivity (Wildman–Crippen MR) is 113 cm³/mol. The molecule has 6 nitrogen and oxygen atoms in total. The van der Waals surface area contributed by atoms with Gasteiger partial charge < -0.3 is 15.4 Å². The van der Waals surface area contributed by atoms with E-state index >= 15 is 0 Å². The van der Waals surface area contributed by atoms with Gasteiger partial charge in [-0.25, -0.2) is 9.37 Å². The summed E-state index contributed by atoms with van der Waals surface area (Å²) >= 11 is 2.65. The lowest BCUT2D eigenvalue weighted by molar-refractivity contribution is -0.116. The van der Waals surface area contributed by atoms with E-state index in [9.17, 15) is 14.0 Å². The fourth-order valence-electron chi connectivity index (χ4n) is 2.40. The molecule has 29 heavy (non-hydrogen) atoms. The number of thiazole rings is 1. The van der Waals surface area contributed by atoms with Crippen LogP contribution in [-0.2, 0) is 16.0 Å². The van der Waals surface area contributed by atoms with E-state index in [1.165, 1.54) is 47.4 Å². The second kappa shape index (κ2) is 10.0. The number of anilines is 2. The summed E-state index contributed by atoms with van der Waals surface area (Å²) in [6.45, 7) is 0. The van der Waals surface area contributed by atoms with Crippen LogP contribution in [0.1, 0.15) is 5.69 Å². The zero-order chi connectivity index (χ0) is 20.6. The number of carbonyl (C=O) groups excluding carboxylic acids is 2. The van der Waals surface area contributed by atoms with E-state index in [1.807, 2.05) is 12.1 Å². The van der Waals surface area contributed by atoms with Crippen molar-refractivity contribution in [2.24, 2.45) is 0 Å². The Hall–Kier alpha value is -2.91. The minimum absolute atomic E-state index is 0.122. The SMILES string of the molecule is COc1ccccc1NC(=O)Cc1csc(SCC(=O)Nc2ccc(F)cc2)n1. The molecule has 150 valence electrons. The molecule has 0 aliphatic carbocycles. The Morgan fingerprint density at radius 3 is 2.62 bits per heavy atom. The van der Waals surface area contributed by atoms with Crippen molar-refractivity contribution in [2.45, 2.75) is 10.8 Å². The van der Waals surface area contributed by atoms with Gasteiger partial charge in [-0.15, -0.1) is 11.3 Å². The van der Waals surface area contributed by atoms with Crippen LogP contribution in [0, 0.1) is 5.82 Å². The molecule has 2 aromatic carbocycles. The zero-order valence-electron chi connectivity index (χ0n) is 15.5. The summed E-state index contributed by atoms with van der Waals surface area (Å²) in [4.78, 5) is 28.6. The van der Waals surface area contributed by atoms with E-state index in [0.717, 1.165) is 0 Å². The average Bonchev–Trinajstić information content (AvgIpc) is 3.16. The van der Waals surface area contributed by atoms with Gasteiger partial charge in [-0.2, -0.15) is 0 Å². The second-order valence-corrected chi connectivity index (χ2v) is 7.95. The molecular weight excluding hydrogens is 413 g/mol. The van der Waals surface area contributed by atoms with Crippen LogP contribution in [0.15, 0.2) is 58.3 Å². The molecule has 0 fully saturated rings. The van der Waals surface area contributed by atoms with Crippen molar-refractivity contribution in [3.05, 3.63) is 65.4 Å². The number of amides is 2. The number of carbonyl (C=O) groups is 2. The molecule has 0 bridgehead atoms. The molecule has 0 saturated carbocycles. The van der Waals surface area contributed by atoms with Gasteiger partial charge in [-0.05, 0) is 36.4 Å². The number of benzene rings is 2. The van der Waals surface area contributed by atoms with Gasteiger partial charge in [0, 0.05) is 11.1 Å². The highest BCUT2D eigenvalue weighted by Gasteiger charge is 2.12. The van der Waals surface area contributed by atoms with Crippen LogP contribution in [0.4, 0.5) is 15.8 Å². The first kappa shape index (κ1) is 20.8. The summed E-state index contributed by atoms with van der Waals surface area (Å²) in [5, 5.41) is 7.29. The highest BCUT2D eigenvalue weighted by molar-refractivity contribution is 8.01. The van der Waals surface area contributed by atoms with Crippen molar-refractivity contribution in [1.82, 2.24) is 4.98 Å². The van der Waals surface area contributed by atoms with E-state index in [-0.39, 0.29) is 29.8 Å². The third-order valence-corrected chi connectivity index (χ3v) is 5.78. The molecule has 0 aliphatic rings. The predicted octanol–water partition coefficient (Wildman–Crippen LogP) is 4.20. The lowest BCUT2D eigenvalue weighted by atomic mass is 10.2. The Bertz CT molecular complexity index is 993. The van der Waals surface area contributed by atoms with Crippen molar-refractivity contribution in [2.75, 3.05) is 23.5 Å². The number of hydrogen-bond donors (Lipinski definition) is 2. The fraction of sp³-hybridized carbons (Fsp3) is 0.150. The maximum absolute atomic E-state index is 12.9. The number of ether oxygens (including phenoxy) is 1. The maximum atomic E-state index is 12.9. The van der Waals surface area contributed by atoms with Gasteiger partial charge in [0.05, 0.1) is 30.7 Å². The van der Waals surface area contributed by atoms with E-state index in [0.29, 0.717) is 27.2 Å². The molecule has 0 unspecified atom stereocenters. The largest absolute Gasteiger partial charge is 0.495 e. The highest BCUT2D eigenvalue weighted by atomic mass is 32.2. The normalized spacial score (nSPS) is 10.4. The highest BCUT2D eigenvalue weighted by Crippen LogP contribution is 2.25.